The first kappa shape index (κ1) is 22.5. The van der Waals surface area contributed by atoms with Crippen LogP contribution in [0, 0.1) is 11.8 Å². The summed E-state index contributed by atoms with van der Waals surface area (Å²) in [5.41, 5.74) is 5.03. The first-order chi connectivity index (χ1) is 15.3. The summed E-state index contributed by atoms with van der Waals surface area (Å²) in [6.07, 6.45) is -0.891. The van der Waals surface area contributed by atoms with E-state index >= 15 is 0 Å². The Bertz CT molecular complexity index is 973. The van der Waals surface area contributed by atoms with E-state index in [-0.39, 0.29) is 47.4 Å². The lowest BCUT2D eigenvalue weighted by Crippen LogP contribution is -2.51. The van der Waals surface area contributed by atoms with E-state index < -0.39 is 18.0 Å². The van der Waals surface area contributed by atoms with Crippen molar-refractivity contribution in [3.8, 4) is 0 Å². The van der Waals surface area contributed by atoms with E-state index in [4.69, 9.17) is 14.2 Å². The summed E-state index contributed by atoms with van der Waals surface area (Å²) < 4.78 is 17.5. The monoisotopic (exact) mass is 439 g/mol. The highest BCUT2D eigenvalue weighted by Gasteiger charge is 2.65. The van der Waals surface area contributed by atoms with Crippen molar-refractivity contribution < 1.29 is 34.6 Å². The van der Waals surface area contributed by atoms with Gasteiger partial charge in [-0.25, -0.2) is 4.79 Å². The molecular weight excluding hydrogens is 410 g/mol. The molecule has 4 fully saturated rings. The van der Waals surface area contributed by atoms with E-state index in [1.807, 2.05) is 25.1 Å². The standard InChI is InChI=1S/C17H18O6.C8H11N/c1-7-11-8(2)13-15(14(21-11)12(7)22-13)23-17(20)10-6-4-3-5-9(10)16(18)19;1-7(9)8-5-3-2-4-6-8/h3-8,11-15H,1-2H3,(H,18,19);2-7H,9H2,1H3/t7-,8+,11+,12+,13-,14?,15-;7-/m10/s1. The molecule has 0 amide bonds. The van der Waals surface area contributed by atoms with Gasteiger partial charge < -0.3 is 29.8 Å². The minimum absolute atomic E-state index is 0.00878. The van der Waals surface area contributed by atoms with Gasteiger partial charge in [0.25, 0.3) is 0 Å². The second-order valence-electron chi connectivity index (χ2n) is 8.86. The fourth-order valence-electron chi connectivity index (χ4n) is 4.94. The van der Waals surface area contributed by atoms with Crippen molar-refractivity contribution in [3.05, 3.63) is 71.3 Å². The van der Waals surface area contributed by atoms with Gasteiger partial charge in [-0.2, -0.15) is 0 Å². The Morgan fingerprint density at radius 1 is 0.875 bits per heavy atom. The molecule has 4 bridgehead atoms. The third kappa shape index (κ3) is 4.03. The van der Waals surface area contributed by atoms with Crippen LogP contribution in [0.15, 0.2) is 54.6 Å². The number of hydrogen-bond donors (Lipinski definition) is 1. The van der Waals surface area contributed by atoms with Crippen molar-refractivity contribution in [2.75, 3.05) is 0 Å². The van der Waals surface area contributed by atoms with E-state index in [1.165, 1.54) is 23.8 Å². The molecule has 2 aromatic rings. The molecule has 0 aliphatic carbocycles. The molecule has 3 N–H and O–H groups in total. The number of carbonyl (C=O) groups is 2. The Labute approximate surface area is 187 Å². The van der Waals surface area contributed by atoms with Crippen LogP contribution in [0.4, 0.5) is 0 Å². The minimum atomic E-state index is -1.40. The number of rotatable bonds is 4. The molecule has 0 radical (unpaired) electrons. The molecule has 1 unspecified atom stereocenters. The summed E-state index contributed by atoms with van der Waals surface area (Å²) in [6.45, 7) is 6.20. The van der Waals surface area contributed by atoms with Crippen LogP contribution >= 0.6 is 0 Å². The molecule has 32 heavy (non-hydrogen) atoms. The highest BCUT2D eigenvalue weighted by Crippen LogP contribution is 2.50. The average molecular weight is 440 g/mol. The molecule has 8 atom stereocenters. The lowest BCUT2D eigenvalue weighted by atomic mass is 9.87. The number of carbonyl (C=O) groups excluding carboxylic acids is 2. The molecule has 7 nitrogen and oxygen atoms in total. The zero-order valence-electron chi connectivity index (χ0n) is 18.5. The predicted octanol–water partition coefficient (Wildman–Crippen LogP) is 1.39. The van der Waals surface area contributed by atoms with Crippen LogP contribution in [0.3, 0.4) is 0 Å². The molecule has 0 saturated carbocycles. The van der Waals surface area contributed by atoms with Gasteiger partial charge in [0, 0.05) is 23.0 Å². The van der Waals surface area contributed by atoms with Gasteiger partial charge in [0.2, 0.25) is 0 Å². The summed E-state index contributed by atoms with van der Waals surface area (Å²) >= 11 is 0. The molecule has 2 aromatic carbocycles. The third-order valence-corrected chi connectivity index (χ3v) is 6.65. The number of benzene rings is 2. The zero-order valence-corrected chi connectivity index (χ0v) is 18.5. The van der Waals surface area contributed by atoms with Crippen LogP contribution in [-0.4, -0.2) is 42.5 Å². The molecule has 4 aliphatic heterocycles. The minimum Gasteiger partial charge on any atom is -0.545 e. The van der Waals surface area contributed by atoms with E-state index in [0.29, 0.717) is 6.04 Å². The lowest BCUT2D eigenvalue weighted by Gasteiger charge is -2.38. The second-order valence-corrected chi connectivity index (χ2v) is 8.86. The van der Waals surface area contributed by atoms with Crippen LogP contribution in [0.5, 0.6) is 0 Å². The van der Waals surface area contributed by atoms with E-state index in [9.17, 15) is 14.7 Å². The van der Waals surface area contributed by atoms with Crippen LogP contribution in [0.25, 0.3) is 0 Å². The number of ether oxygens (including phenoxy) is 3. The van der Waals surface area contributed by atoms with Crippen LogP contribution in [0.1, 0.15) is 53.1 Å². The number of aromatic carboxylic acids is 1. The smallest absolute Gasteiger partial charge is 0.339 e. The van der Waals surface area contributed by atoms with Gasteiger partial charge in [-0.3, -0.25) is 0 Å². The van der Waals surface area contributed by atoms with Crippen LogP contribution < -0.4 is 10.8 Å². The summed E-state index contributed by atoms with van der Waals surface area (Å²) in [7, 11) is 0. The van der Waals surface area contributed by atoms with Crippen molar-refractivity contribution in [1.29, 1.82) is 0 Å². The average Bonchev–Trinajstić information content (AvgIpc) is 3.23. The quantitative estimate of drug-likeness (QED) is 0.721. The van der Waals surface area contributed by atoms with Crippen molar-refractivity contribution in [2.24, 2.45) is 11.8 Å². The zero-order chi connectivity index (χ0) is 23.0. The normalized spacial score (nSPS) is 32.7. The molecule has 0 aromatic heterocycles. The second kappa shape index (κ2) is 9.02. The maximum absolute atomic E-state index is 12.4. The van der Waals surface area contributed by atoms with Gasteiger partial charge in [0.1, 0.15) is 18.2 Å². The molecule has 7 heteroatoms. The molecule has 6 rings (SSSR count). The lowest BCUT2D eigenvalue weighted by molar-refractivity contribution is -0.420. The Morgan fingerprint density at radius 2 is 1.44 bits per heavy atom. The van der Waals surface area contributed by atoms with Crippen molar-refractivity contribution in [1.82, 2.24) is 0 Å². The first-order valence-electron chi connectivity index (χ1n) is 11.0. The van der Waals surface area contributed by atoms with E-state index in [2.05, 4.69) is 31.7 Å². The van der Waals surface area contributed by atoms with Gasteiger partial charge in [0.05, 0.1) is 23.7 Å². The maximum Gasteiger partial charge on any atom is 0.339 e. The SMILES string of the molecule is C[C@@H]1[C@@H]2OC3[C@H]1O[C@H]([C@H]2C)[C@H]3OC(=O)c1ccccc1C(=O)[O-].C[C@H]([NH3+])c1ccccc1. The van der Waals surface area contributed by atoms with Crippen molar-refractivity contribution in [3.63, 3.8) is 0 Å². The Kier molecular flexibility index (Phi) is 6.33. The summed E-state index contributed by atoms with van der Waals surface area (Å²) in [5.74, 6) is -1.68. The molecule has 4 saturated heterocycles. The van der Waals surface area contributed by atoms with Gasteiger partial charge in [-0.1, -0.05) is 62.4 Å². The van der Waals surface area contributed by atoms with Gasteiger partial charge in [-0.05, 0) is 13.0 Å². The number of quaternary nitrogens is 1. The van der Waals surface area contributed by atoms with Crippen molar-refractivity contribution in [2.45, 2.75) is 57.3 Å². The first-order valence-corrected chi connectivity index (χ1v) is 11.0. The van der Waals surface area contributed by atoms with Gasteiger partial charge >= 0.3 is 5.97 Å². The van der Waals surface area contributed by atoms with Crippen LogP contribution in [-0.2, 0) is 14.2 Å². The largest absolute Gasteiger partial charge is 0.545 e. The van der Waals surface area contributed by atoms with Crippen LogP contribution in [0.2, 0.25) is 0 Å². The number of carboxylic acid groups (broad SMARTS) is 1. The fourth-order valence-corrected chi connectivity index (χ4v) is 4.94. The number of carboxylic acids is 1. The Morgan fingerprint density at radius 3 is 2.03 bits per heavy atom. The topological polar surface area (TPSA) is 113 Å². The van der Waals surface area contributed by atoms with E-state index in [1.54, 1.807) is 6.07 Å². The van der Waals surface area contributed by atoms with Gasteiger partial charge in [-0.15, -0.1) is 0 Å². The summed E-state index contributed by atoms with van der Waals surface area (Å²) in [5, 5.41) is 11.1. The molecule has 0 spiro atoms. The number of hydrogen-bond acceptors (Lipinski definition) is 6. The van der Waals surface area contributed by atoms with E-state index in [0.717, 1.165) is 0 Å². The maximum atomic E-state index is 12.4. The predicted molar refractivity (Wildman–Crippen MR) is 113 cm³/mol. The van der Waals surface area contributed by atoms with Crippen molar-refractivity contribution >= 4 is 11.9 Å². The third-order valence-electron chi connectivity index (χ3n) is 6.65. The Hall–Kier alpha value is -2.74. The summed E-state index contributed by atoms with van der Waals surface area (Å²) in [6, 6.07) is 16.6. The highest BCUT2D eigenvalue weighted by molar-refractivity contribution is 6.01. The number of esters is 1. The fraction of sp³-hybridized carbons (Fsp3) is 0.440. The molecule has 4 aliphatic rings. The Balaban J connectivity index is 0.000000230. The molecule has 4 heterocycles. The van der Waals surface area contributed by atoms with Gasteiger partial charge in [0.15, 0.2) is 6.10 Å². The molecule has 170 valence electrons. The summed E-state index contributed by atoms with van der Waals surface area (Å²) in [4.78, 5) is 23.6. The molecular formula is C25H29NO6. The highest BCUT2D eigenvalue weighted by atomic mass is 16.6.